The number of amides is 2. The molecule has 11 heteroatoms. The summed E-state index contributed by atoms with van der Waals surface area (Å²) in [5.41, 5.74) is 7.78. The fourth-order valence-electron chi connectivity index (χ4n) is 3.26. The summed E-state index contributed by atoms with van der Waals surface area (Å²) in [6, 6.07) is 10.8. The SMILES string of the molecule is Nc1c(C(=O)NCc2ccc3c(c2)OCO3)nsc1C(=O)NCc1ccc2c(c1)OCO2. The van der Waals surface area contributed by atoms with E-state index in [-0.39, 0.29) is 42.9 Å². The van der Waals surface area contributed by atoms with Gasteiger partial charge in [0, 0.05) is 13.1 Å². The molecule has 0 saturated heterocycles. The normalized spacial score (nSPS) is 13.1. The fraction of sp³-hybridized carbons (Fsp3) is 0.190. The van der Waals surface area contributed by atoms with Crippen molar-refractivity contribution < 1.29 is 28.5 Å². The van der Waals surface area contributed by atoms with Gasteiger partial charge in [0.15, 0.2) is 28.7 Å². The van der Waals surface area contributed by atoms with Crippen molar-refractivity contribution >= 4 is 29.0 Å². The van der Waals surface area contributed by atoms with Gasteiger partial charge in [-0.25, -0.2) is 0 Å². The van der Waals surface area contributed by atoms with E-state index in [0.29, 0.717) is 23.0 Å². The van der Waals surface area contributed by atoms with Gasteiger partial charge in [0.05, 0.1) is 5.69 Å². The molecule has 5 rings (SSSR count). The van der Waals surface area contributed by atoms with E-state index in [4.69, 9.17) is 24.7 Å². The molecule has 1 aromatic heterocycles. The number of rotatable bonds is 6. The van der Waals surface area contributed by atoms with Gasteiger partial charge in [-0.3, -0.25) is 9.59 Å². The highest BCUT2D eigenvalue weighted by Gasteiger charge is 2.22. The molecular formula is C21H18N4O6S. The van der Waals surface area contributed by atoms with Crippen molar-refractivity contribution in [3.8, 4) is 23.0 Å². The van der Waals surface area contributed by atoms with E-state index >= 15 is 0 Å². The number of hydrogen-bond acceptors (Lipinski definition) is 9. The van der Waals surface area contributed by atoms with Crippen LogP contribution in [0, 0.1) is 0 Å². The van der Waals surface area contributed by atoms with Gasteiger partial charge >= 0.3 is 0 Å². The molecule has 0 fully saturated rings. The summed E-state index contributed by atoms with van der Waals surface area (Å²) < 4.78 is 25.3. The summed E-state index contributed by atoms with van der Waals surface area (Å²) in [6.45, 7) is 0.874. The predicted octanol–water partition coefficient (Wildman–Crippen LogP) is 2.04. The van der Waals surface area contributed by atoms with Crippen LogP contribution in [-0.4, -0.2) is 29.8 Å². The molecule has 0 saturated carbocycles. The highest BCUT2D eigenvalue weighted by Crippen LogP contribution is 2.33. The predicted molar refractivity (Wildman–Crippen MR) is 114 cm³/mol. The maximum Gasteiger partial charge on any atom is 0.273 e. The van der Waals surface area contributed by atoms with Gasteiger partial charge in [0.2, 0.25) is 13.6 Å². The van der Waals surface area contributed by atoms with Gasteiger partial charge in [0.1, 0.15) is 4.88 Å². The Labute approximate surface area is 186 Å². The van der Waals surface area contributed by atoms with Crippen LogP contribution in [-0.2, 0) is 13.1 Å². The van der Waals surface area contributed by atoms with Crippen molar-refractivity contribution in [1.29, 1.82) is 0 Å². The maximum atomic E-state index is 12.6. The Morgan fingerprint density at radius 1 is 0.844 bits per heavy atom. The van der Waals surface area contributed by atoms with Crippen molar-refractivity contribution in [2.24, 2.45) is 0 Å². The van der Waals surface area contributed by atoms with E-state index in [0.717, 1.165) is 22.7 Å². The molecule has 3 aromatic rings. The zero-order valence-corrected chi connectivity index (χ0v) is 17.5. The number of carbonyl (C=O) groups is 2. The molecule has 4 N–H and O–H groups in total. The Kier molecular flexibility index (Phi) is 5.15. The Morgan fingerprint density at radius 3 is 1.97 bits per heavy atom. The molecule has 0 spiro atoms. The molecule has 2 aromatic carbocycles. The summed E-state index contributed by atoms with van der Waals surface area (Å²) in [6.07, 6.45) is 0. The van der Waals surface area contributed by atoms with E-state index in [1.165, 1.54) is 0 Å². The van der Waals surface area contributed by atoms with Crippen molar-refractivity contribution in [3.05, 3.63) is 58.1 Å². The number of carbonyl (C=O) groups excluding carboxylic acids is 2. The molecule has 0 radical (unpaired) electrons. The van der Waals surface area contributed by atoms with E-state index in [1.807, 2.05) is 12.1 Å². The van der Waals surface area contributed by atoms with Crippen LogP contribution in [0.25, 0.3) is 0 Å². The molecule has 3 heterocycles. The van der Waals surface area contributed by atoms with E-state index in [9.17, 15) is 9.59 Å². The number of benzene rings is 2. The molecular weight excluding hydrogens is 436 g/mol. The summed E-state index contributed by atoms with van der Waals surface area (Å²) in [5.74, 6) is 1.73. The summed E-state index contributed by atoms with van der Waals surface area (Å²) in [4.78, 5) is 25.3. The first-order valence-electron chi connectivity index (χ1n) is 9.67. The molecule has 2 aliphatic heterocycles. The lowest BCUT2D eigenvalue weighted by Gasteiger charge is -2.07. The summed E-state index contributed by atoms with van der Waals surface area (Å²) in [7, 11) is 0. The van der Waals surface area contributed by atoms with Crippen LogP contribution < -0.4 is 35.3 Å². The van der Waals surface area contributed by atoms with Crippen molar-refractivity contribution in [2.45, 2.75) is 13.1 Å². The third-order valence-corrected chi connectivity index (χ3v) is 5.79. The second-order valence-corrected chi connectivity index (χ2v) is 7.79. The number of fused-ring (bicyclic) bond motifs is 2. The van der Waals surface area contributed by atoms with Crippen LogP contribution in [0.15, 0.2) is 36.4 Å². The van der Waals surface area contributed by atoms with E-state index in [2.05, 4.69) is 15.0 Å². The minimum absolute atomic E-state index is 0.0176. The average molecular weight is 454 g/mol. The number of ether oxygens (including phenoxy) is 4. The lowest BCUT2D eigenvalue weighted by Crippen LogP contribution is -2.25. The molecule has 2 amide bonds. The van der Waals surface area contributed by atoms with Crippen LogP contribution in [0.1, 0.15) is 31.3 Å². The minimum atomic E-state index is -0.466. The second kappa shape index (κ2) is 8.27. The molecule has 0 atom stereocenters. The van der Waals surface area contributed by atoms with Crippen molar-refractivity contribution in [1.82, 2.24) is 15.0 Å². The van der Waals surface area contributed by atoms with Gasteiger partial charge in [-0.1, -0.05) is 12.1 Å². The number of nitrogens with one attached hydrogen (secondary N) is 2. The van der Waals surface area contributed by atoms with Crippen LogP contribution in [0.4, 0.5) is 5.69 Å². The van der Waals surface area contributed by atoms with Gasteiger partial charge in [-0.15, -0.1) is 0 Å². The van der Waals surface area contributed by atoms with Crippen LogP contribution >= 0.6 is 11.5 Å². The highest BCUT2D eigenvalue weighted by molar-refractivity contribution is 7.09. The largest absolute Gasteiger partial charge is 0.454 e. The standard InChI is InChI=1S/C21H18N4O6S/c22-17-18(20(26)23-7-11-1-3-13-15(5-11)30-9-28-13)25-32-19(17)21(27)24-8-12-2-4-14-16(6-12)31-10-29-14/h1-6H,7-10,22H2,(H,23,26)(H,24,27). The van der Waals surface area contributed by atoms with E-state index < -0.39 is 11.8 Å². The summed E-state index contributed by atoms with van der Waals surface area (Å²) >= 11 is 0.877. The minimum Gasteiger partial charge on any atom is -0.454 e. The lowest BCUT2D eigenvalue weighted by molar-refractivity contribution is 0.0946. The number of aromatic nitrogens is 1. The Hall–Kier alpha value is -3.99. The highest BCUT2D eigenvalue weighted by atomic mass is 32.1. The van der Waals surface area contributed by atoms with Gasteiger partial charge in [-0.2, -0.15) is 4.37 Å². The van der Waals surface area contributed by atoms with Crippen LogP contribution in [0.2, 0.25) is 0 Å². The molecule has 164 valence electrons. The smallest absolute Gasteiger partial charge is 0.273 e. The van der Waals surface area contributed by atoms with Crippen molar-refractivity contribution in [3.63, 3.8) is 0 Å². The van der Waals surface area contributed by atoms with Crippen LogP contribution in [0.3, 0.4) is 0 Å². The fourth-order valence-corrected chi connectivity index (χ4v) is 3.97. The second-order valence-electron chi connectivity index (χ2n) is 7.01. The molecule has 10 nitrogen and oxygen atoms in total. The molecule has 2 aliphatic rings. The first-order valence-corrected chi connectivity index (χ1v) is 10.4. The monoisotopic (exact) mass is 454 g/mol. The quantitative estimate of drug-likeness (QED) is 0.515. The molecule has 0 aliphatic carbocycles. The van der Waals surface area contributed by atoms with Crippen LogP contribution in [0.5, 0.6) is 23.0 Å². The number of nitrogens with two attached hydrogens (primary N) is 1. The third kappa shape index (κ3) is 3.85. The first-order chi connectivity index (χ1) is 15.6. The Balaban J connectivity index is 1.19. The number of anilines is 1. The van der Waals surface area contributed by atoms with Gasteiger partial charge in [0.25, 0.3) is 11.8 Å². The van der Waals surface area contributed by atoms with Gasteiger partial charge in [-0.05, 0) is 46.9 Å². The lowest BCUT2D eigenvalue weighted by atomic mass is 10.2. The molecule has 32 heavy (non-hydrogen) atoms. The Morgan fingerprint density at radius 2 is 1.38 bits per heavy atom. The van der Waals surface area contributed by atoms with Gasteiger partial charge < -0.3 is 35.3 Å². The molecule has 0 unspecified atom stereocenters. The number of nitrogen functional groups attached to an aromatic ring is 1. The van der Waals surface area contributed by atoms with E-state index in [1.54, 1.807) is 24.3 Å². The first kappa shape index (κ1) is 19.9. The molecule has 0 bridgehead atoms. The zero-order valence-electron chi connectivity index (χ0n) is 16.7. The average Bonchev–Trinajstić information content (AvgIpc) is 3.54. The third-order valence-electron chi connectivity index (χ3n) is 4.93. The van der Waals surface area contributed by atoms with Crippen molar-refractivity contribution in [2.75, 3.05) is 19.3 Å². The number of hydrogen-bond donors (Lipinski definition) is 3. The maximum absolute atomic E-state index is 12.6. The zero-order chi connectivity index (χ0) is 22.1. The topological polar surface area (TPSA) is 134 Å². The summed E-state index contributed by atoms with van der Waals surface area (Å²) in [5, 5.41) is 5.53. The Bertz CT molecular complexity index is 1120. The number of nitrogens with zero attached hydrogens (tertiary/aromatic N) is 1.